The summed E-state index contributed by atoms with van der Waals surface area (Å²) < 4.78 is 5.77. The lowest BCUT2D eigenvalue weighted by molar-refractivity contribution is -0.150. The topological polar surface area (TPSA) is 59.4 Å². The Morgan fingerprint density at radius 1 is 1.24 bits per heavy atom. The summed E-state index contributed by atoms with van der Waals surface area (Å²) in [5.41, 5.74) is 1.57. The molecule has 5 heteroatoms. The Bertz CT molecular complexity index is 844. The van der Waals surface area contributed by atoms with Crippen molar-refractivity contribution in [3.63, 3.8) is 0 Å². The number of carbonyl (C=O) groups is 1. The molecule has 0 saturated carbocycles. The molecule has 0 saturated heterocycles. The molecule has 0 fully saturated rings. The van der Waals surface area contributed by atoms with Crippen LogP contribution in [0, 0.1) is 24.2 Å². The molecule has 2 rings (SSSR count). The third-order valence-electron chi connectivity index (χ3n) is 3.54. The molecular formula is C20H20ClNO3. The van der Waals surface area contributed by atoms with E-state index in [9.17, 15) is 9.90 Å². The van der Waals surface area contributed by atoms with E-state index in [2.05, 4.69) is 16.8 Å². The van der Waals surface area contributed by atoms with Gasteiger partial charge in [-0.05, 0) is 37.3 Å². The first-order chi connectivity index (χ1) is 11.7. The van der Waals surface area contributed by atoms with Crippen molar-refractivity contribution >= 4 is 17.6 Å². The van der Waals surface area contributed by atoms with Crippen molar-refractivity contribution in [2.45, 2.75) is 33.8 Å². The molecule has 1 N–H and O–H groups in total. The molecule has 1 aromatic heterocycles. The van der Waals surface area contributed by atoms with Gasteiger partial charge in [-0.25, -0.2) is 4.79 Å². The number of pyridine rings is 1. The second-order valence-electron chi connectivity index (χ2n) is 6.73. The van der Waals surface area contributed by atoms with E-state index in [1.807, 2.05) is 39.8 Å². The second kappa shape index (κ2) is 7.58. The van der Waals surface area contributed by atoms with Gasteiger partial charge in [0.05, 0.1) is 11.3 Å². The molecule has 0 spiro atoms. The van der Waals surface area contributed by atoms with Crippen LogP contribution in [0.5, 0.6) is 5.75 Å². The van der Waals surface area contributed by atoms with Crippen molar-refractivity contribution in [2.24, 2.45) is 5.41 Å². The van der Waals surface area contributed by atoms with Gasteiger partial charge in [0.25, 0.3) is 0 Å². The van der Waals surface area contributed by atoms with Crippen LogP contribution in [0.1, 0.15) is 37.6 Å². The zero-order valence-electron chi connectivity index (χ0n) is 14.6. The highest BCUT2D eigenvalue weighted by Crippen LogP contribution is 2.29. The largest absolute Gasteiger partial charge is 0.478 e. The SMILES string of the molecule is Cc1ncccc1C#Cc1cc(Cl)ccc1OC(C(=O)O)C(C)(C)C. The minimum atomic E-state index is -1.02. The average molecular weight is 358 g/mol. The molecule has 0 amide bonds. The number of nitrogens with zero attached hydrogens (tertiary/aromatic N) is 1. The molecule has 0 aliphatic rings. The number of hydrogen-bond donors (Lipinski definition) is 1. The van der Waals surface area contributed by atoms with E-state index < -0.39 is 17.5 Å². The van der Waals surface area contributed by atoms with Crippen LogP contribution in [0.15, 0.2) is 36.5 Å². The number of rotatable bonds is 3. The van der Waals surface area contributed by atoms with Crippen LogP contribution in [0.3, 0.4) is 0 Å². The minimum Gasteiger partial charge on any atom is -0.478 e. The molecule has 0 aliphatic carbocycles. The van der Waals surface area contributed by atoms with Gasteiger partial charge in [-0.2, -0.15) is 0 Å². The quantitative estimate of drug-likeness (QED) is 0.831. The number of hydrogen-bond acceptors (Lipinski definition) is 3. The first-order valence-corrected chi connectivity index (χ1v) is 8.19. The normalized spacial score (nSPS) is 12.0. The summed E-state index contributed by atoms with van der Waals surface area (Å²) in [4.78, 5) is 15.8. The summed E-state index contributed by atoms with van der Waals surface area (Å²) >= 11 is 6.07. The Hall–Kier alpha value is -2.51. The Morgan fingerprint density at radius 2 is 1.92 bits per heavy atom. The molecule has 1 aromatic carbocycles. The van der Waals surface area contributed by atoms with Crippen molar-refractivity contribution in [2.75, 3.05) is 0 Å². The van der Waals surface area contributed by atoms with E-state index in [1.54, 1.807) is 24.4 Å². The van der Waals surface area contributed by atoms with Crippen LogP contribution >= 0.6 is 11.6 Å². The number of ether oxygens (including phenoxy) is 1. The fraction of sp³-hybridized carbons (Fsp3) is 0.300. The molecule has 0 radical (unpaired) electrons. The third-order valence-corrected chi connectivity index (χ3v) is 3.77. The Kier molecular flexibility index (Phi) is 5.71. The van der Waals surface area contributed by atoms with Gasteiger partial charge in [0.1, 0.15) is 5.75 Å². The number of carboxylic acid groups (broad SMARTS) is 1. The average Bonchev–Trinajstić information content (AvgIpc) is 2.51. The van der Waals surface area contributed by atoms with Crippen LogP contribution in [-0.4, -0.2) is 22.2 Å². The maximum Gasteiger partial charge on any atom is 0.345 e. The fourth-order valence-corrected chi connectivity index (χ4v) is 2.35. The molecule has 4 nitrogen and oxygen atoms in total. The summed E-state index contributed by atoms with van der Waals surface area (Å²) in [5, 5.41) is 9.97. The van der Waals surface area contributed by atoms with Gasteiger partial charge in [-0.15, -0.1) is 0 Å². The second-order valence-corrected chi connectivity index (χ2v) is 7.17. The highest BCUT2D eigenvalue weighted by atomic mass is 35.5. The van der Waals surface area contributed by atoms with Crippen molar-refractivity contribution < 1.29 is 14.6 Å². The minimum absolute atomic E-state index is 0.390. The summed E-state index contributed by atoms with van der Waals surface area (Å²) in [6.45, 7) is 7.31. The van der Waals surface area contributed by atoms with Gasteiger partial charge >= 0.3 is 5.97 Å². The Labute approximate surface area is 152 Å². The lowest BCUT2D eigenvalue weighted by Gasteiger charge is -2.28. The zero-order valence-corrected chi connectivity index (χ0v) is 15.4. The van der Waals surface area contributed by atoms with Crippen LogP contribution in [0.2, 0.25) is 5.02 Å². The van der Waals surface area contributed by atoms with E-state index in [4.69, 9.17) is 16.3 Å². The number of carboxylic acids is 1. The summed E-state index contributed by atoms with van der Waals surface area (Å²) in [6, 6.07) is 8.64. The molecule has 2 aromatic rings. The highest BCUT2D eigenvalue weighted by molar-refractivity contribution is 6.30. The fourth-order valence-electron chi connectivity index (χ4n) is 2.18. The number of aliphatic carboxylic acids is 1. The molecule has 0 aliphatic heterocycles. The van der Waals surface area contributed by atoms with Crippen molar-refractivity contribution in [3.05, 3.63) is 58.4 Å². The molecular weight excluding hydrogens is 338 g/mol. The summed E-state index contributed by atoms with van der Waals surface area (Å²) in [7, 11) is 0. The number of halogens is 1. The van der Waals surface area contributed by atoms with E-state index in [0.29, 0.717) is 16.3 Å². The van der Waals surface area contributed by atoms with E-state index in [-0.39, 0.29) is 0 Å². The number of aryl methyl sites for hydroxylation is 1. The predicted molar refractivity (Wildman–Crippen MR) is 97.9 cm³/mol. The van der Waals surface area contributed by atoms with Crippen LogP contribution in [0.25, 0.3) is 0 Å². The zero-order chi connectivity index (χ0) is 18.6. The van der Waals surface area contributed by atoms with E-state index in [0.717, 1.165) is 11.3 Å². The van der Waals surface area contributed by atoms with Gasteiger partial charge in [0, 0.05) is 22.2 Å². The summed E-state index contributed by atoms with van der Waals surface area (Å²) in [5.74, 6) is 5.42. The van der Waals surface area contributed by atoms with E-state index >= 15 is 0 Å². The lowest BCUT2D eigenvalue weighted by atomic mass is 9.89. The maximum absolute atomic E-state index is 11.6. The maximum atomic E-state index is 11.6. The van der Waals surface area contributed by atoms with Gasteiger partial charge in [-0.3, -0.25) is 4.98 Å². The predicted octanol–water partition coefficient (Wildman–Crippen LogP) is 4.32. The number of benzene rings is 1. The smallest absolute Gasteiger partial charge is 0.345 e. The molecule has 1 unspecified atom stereocenters. The third kappa shape index (κ3) is 4.98. The van der Waals surface area contributed by atoms with Crippen molar-refractivity contribution in [3.8, 4) is 17.6 Å². The van der Waals surface area contributed by atoms with Gasteiger partial charge < -0.3 is 9.84 Å². The van der Waals surface area contributed by atoms with Gasteiger partial charge in [0.15, 0.2) is 6.10 Å². The first kappa shape index (κ1) is 18.8. The highest BCUT2D eigenvalue weighted by Gasteiger charge is 2.33. The van der Waals surface area contributed by atoms with E-state index in [1.165, 1.54) is 0 Å². The van der Waals surface area contributed by atoms with Crippen LogP contribution < -0.4 is 4.74 Å². The molecule has 0 bridgehead atoms. The van der Waals surface area contributed by atoms with Gasteiger partial charge in [0.2, 0.25) is 0 Å². The Balaban J connectivity index is 2.42. The standard InChI is InChI=1S/C20H20ClNO3/c1-13-14(6-5-11-22-13)7-8-15-12-16(21)9-10-17(15)25-18(19(23)24)20(2,3)4/h5-6,9-12,18H,1-4H3,(H,23,24). The molecule has 1 heterocycles. The van der Waals surface area contributed by atoms with Gasteiger partial charge in [-0.1, -0.05) is 44.2 Å². The first-order valence-electron chi connectivity index (χ1n) is 7.81. The van der Waals surface area contributed by atoms with Crippen molar-refractivity contribution in [1.82, 2.24) is 4.98 Å². The Morgan fingerprint density at radius 3 is 2.52 bits per heavy atom. The van der Waals surface area contributed by atoms with Crippen molar-refractivity contribution in [1.29, 1.82) is 0 Å². The lowest BCUT2D eigenvalue weighted by Crippen LogP contribution is -2.39. The monoisotopic (exact) mass is 357 g/mol. The molecule has 130 valence electrons. The number of aromatic nitrogens is 1. The van der Waals surface area contributed by atoms with Crippen LogP contribution in [0.4, 0.5) is 0 Å². The molecule has 25 heavy (non-hydrogen) atoms. The summed E-state index contributed by atoms with van der Waals surface area (Å²) in [6.07, 6.45) is 0.698. The molecule has 1 atom stereocenters. The van der Waals surface area contributed by atoms with Crippen LogP contribution in [-0.2, 0) is 4.79 Å².